The van der Waals surface area contributed by atoms with Gasteiger partial charge >= 0.3 is 0 Å². The van der Waals surface area contributed by atoms with Crippen LogP contribution in [0.3, 0.4) is 0 Å². The lowest BCUT2D eigenvalue weighted by Gasteiger charge is -2.29. The van der Waals surface area contributed by atoms with Crippen LogP contribution in [0.25, 0.3) is 0 Å². The van der Waals surface area contributed by atoms with Crippen molar-refractivity contribution in [1.29, 1.82) is 0 Å². The zero-order chi connectivity index (χ0) is 16.6. The second-order valence-corrected chi connectivity index (χ2v) is 4.27. The molecule has 0 N–H and O–H groups in total. The smallest absolute Gasteiger partial charge is 0.194 e. The lowest BCUT2D eigenvalue weighted by molar-refractivity contribution is -0.202. The van der Waals surface area contributed by atoms with E-state index in [4.69, 9.17) is 25.8 Å². The molecule has 1 aromatic rings. The molecule has 0 aromatic heterocycles. The normalized spacial score (nSPS) is 10.7. The topological polar surface area (TPSA) is 44.8 Å². The summed E-state index contributed by atoms with van der Waals surface area (Å²) in [7, 11) is 2.86. The standard InChI is InChI=1S/C13H16ClFO4.C2H6/c1-5-19-12-8(7-16)11(15)10(14)6-9(12)13(2,17-3)18-4;1-2/h6-7H,5H2,1-4H3;1-2H3. The van der Waals surface area contributed by atoms with Crippen LogP contribution in [0, 0.1) is 5.82 Å². The van der Waals surface area contributed by atoms with Gasteiger partial charge in [0.05, 0.1) is 22.8 Å². The van der Waals surface area contributed by atoms with Crippen LogP contribution in [-0.4, -0.2) is 27.1 Å². The van der Waals surface area contributed by atoms with Crippen molar-refractivity contribution in [2.75, 3.05) is 20.8 Å². The summed E-state index contributed by atoms with van der Waals surface area (Å²) in [5, 5.41) is -0.194. The van der Waals surface area contributed by atoms with Crippen LogP contribution in [0.15, 0.2) is 6.07 Å². The fraction of sp³-hybridized carbons (Fsp3) is 0.533. The molecule has 0 fully saturated rings. The van der Waals surface area contributed by atoms with Crippen molar-refractivity contribution in [3.63, 3.8) is 0 Å². The van der Waals surface area contributed by atoms with Crippen molar-refractivity contribution in [3.05, 3.63) is 28.0 Å². The first-order valence-electron chi connectivity index (χ1n) is 6.65. The molecule has 1 aromatic carbocycles. The molecule has 0 aliphatic carbocycles. The minimum atomic E-state index is -1.19. The quantitative estimate of drug-likeness (QED) is 0.582. The van der Waals surface area contributed by atoms with Crippen molar-refractivity contribution >= 4 is 17.9 Å². The first-order valence-corrected chi connectivity index (χ1v) is 7.03. The Morgan fingerprint density at radius 2 is 1.86 bits per heavy atom. The minimum absolute atomic E-state index is 0.0746. The predicted octanol–water partition coefficient (Wildman–Crippen LogP) is 4.18. The molecular weight excluding hydrogens is 299 g/mol. The summed E-state index contributed by atoms with van der Waals surface area (Å²) in [4.78, 5) is 11.1. The van der Waals surface area contributed by atoms with Crippen LogP contribution in [0.5, 0.6) is 5.75 Å². The van der Waals surface area contributed by atoms with Gasteiger partial charge in [0.15, 0.2) is 17.9 Å². The molecule has 0 atom stereocenters. The lowest BCUT2D eigenvalue weighted by atomic mass is 10.0. The molecule has 21 heavy (non-hydrogen) atoms. The van der Waals surface area contributed by atoms with Gasteiger partial charge in [-0.2, -0.15) is 0 Å². The number of carbonyl (C=O) groups excluding carboxylic acids is 1. The molecule has 6 heteroatoms. The van der Waals surface area contributed by atoms with Crippen LogP contribution in [0.4, 0.5) is 4.39 Å². The molecule has 0 heterocycles. The van der Waals surface area contributed by atoms with Crippen molar-refractivity contribution in [2.24, 2.45) is 0 Å². The van der Waals surface area contributed by atoms with Crippen LogP contribution in [0.2, 0.25) is 5.02 Å². The third kappa shape index (κ3) is 4.15. The highest BCUT2D eigenvalue weighted by Crippen LogP contribution is 2.39. The molecular formula is C15H22ClFO4. The number of hydrogen-bond donors (Lipinski definition) is 0. The monoisotopic (exact) mass is 320 g/mol. The molecule has 0 radical (unpaired) electrons. The van der Waals surface area contributed by atoms with E-state index in [-0.39, 0.29) is 22.9 Å². The third-order valence-electron chi connectivity index (χ3n) is 2.88. The Hall–Kier alpha value is -1.17. The molecule has 0 saturated carbocycles. The summed E-state index contributed by atoms with van der Waals surface area (Å²) in [6.45, 7) is 7.61. The van der Waals surface area contributed by atoms with Crippen molar-refractivity contribution in [2.45, 2.75) is 33.5 Å². The maximum atomic E-state index is 13.8. The van der Waals surface area contributed by atoms with E-state index >= 15 is 0 Å². The molecule has 0 saturated heterocycles. The largest absolute Gasteiger partial charge is 0.493 e. The van der Waals surface area contributed by atoms with E-state index in [2.05, 4.69) is 0 Å². The van der Waals surface area contributed by atoms with E-state index in [0.717, 1.165) is 0 Å². The first kappa shape index (κ1) is 19.8. The van der Waals surface area contributed by atoms with Crippen LogP contribution in [0.1, 0.15) is 43.6 Å². The number of ether oxygens (including phenoxy) is 3. The number of carbonyl (C=O) groups is 1. The fourth-order valence-corrected chi connectivity index (χ4v) is 1.89. The molecule has 0 amide bonds. The van der Waals surface area contributed by atoms with Crippen molar-refractivity contribution in [1.82, 2.24) is 0 Å². The van der Waals surface area contributed by atoms with Crippen LogP contribution in [-0.2, 0) is 15.3 Å². The van der Waals surface area contributed by atoms with Crippen LogP contribution < -0.4 is 4.74 Å². The Kier molecular flexibility index (Phi) is 8.47. The fourth-order valence-electron chi connectivity index (χ4n) is 1.67. The van der Waals surface area contributed by atoms with Gasteiger partial charge in [0.2, 0.25) is 0 Å². The van der Waals surface area contributed by atoms with Gasteiger partial charge in [0.25, 0.3) is 0 Å². The zero-order valence-electron chi connectivity index (χ0n) is 13.3. The summed E-state index contributed by atoms with van der Waals surface area (Å²) >= 11 is 5.79. The van der Waals surface area contributed by atoms with Gasteiger partial charge in [0.1, 0.15) is 5.75 Å². The summed E-state index contributed by atoms with van der Waals surface area (Å²) in [6.07, 6.45) is 0.363. The summed E-state index contributed by atoms with van der Waals surface area (Å²) in [6, 6.07) is 1.34. The Morgan fingerprint density at radius 3 is 2.24 bits per heavy atom. The van der Waals surface area contributed by atoms with Gasteiger partial charge in [-0.05, 0) is 19.9 Å². The SMILES string of the molecule is CC.CCOc1c(C(C)(OC)OC)cc(Cl)c(F)c1C=O. The highest BCUT2D eigenvalue weighted by molar-refractivity contribution is 6.31. The number of aldehydes is 1. The van der Waals surface area contributed by atoms with Gasteiger partial charge in [0, 0.05) is 14.2 Å². The van der Waals surface area contributed by atoms with Gasteiger partial charge in [-0.15, -0.1) is 0 Å². The number of halogens is 2. The number of methoxy groups -OCH3 is 2. The first-order chi connectivity index (χ1) is 9.95. The van der Waals surface area contributed by atoms with E-state index in [1.54, 1.807) is 13.8 Å². The Morgan fingerprint density at radius 1 is 1.33 bits per heavy atom. The summed E-state index contributed by atoms with van der Waals surface area (Å²) < 4.78 is 29.7. The van der Waals surface area contributed by atoms with Gasteiger partial charge in [-0.3, -0.25) is 4.79 Å². The van der Waals surface area contributed by atoms with E-state index in [0.29, 0.717) is 11.8 Å². The zero-order valence-corrected chi connectivity index (χ0v) is 14.0. The average Bonchev–Trinajstić information content (AvgIpc) is 2.52. The van der Waals surface area contributed by atoms with E-state index in [1.807, 2.05) is 13.8 Å². The molecule has 0 spiro atoms. The highest BCUT2D eigenvalue weighted by atomic mass is 35.5. The Labute approximate surface area is 130 Å². The summed E-state index contributed by atoms with van der Waals surface area (Å²) in [5.41, 5.74) is 0.109. The lowest BCUT2D eigenvalue weighted by Crippen LogP contribution is -2.28. The second-order valence-electron chi connectivity index (χ2n) is 3.87. The minimum Gasteiger partial charge on any atom is -0.493 e. The molecule has 1 rings (SSSR count). The van der Waals surface area contributed by atoms with E-state index in [1.165, 1.54) is 20.3 Å². The van der Waals surface area contributed by atoms with E-state index in [9.17, 15) is 9.18 Å². The molecule has 0 aliphatic heterocycles. The van der Waals surface area contributed by atoms with Gasteiger partial charge in [-0.1, -0.05) is 25.4 Å². The Bertz CT molecular complexity index is 473. The van der Waals surface area contributed by atoms with Crippen LogP contribution >= 0.6 is 11.6 Å². The molecule has 0 bridgehead atoms. The Balaban J connectivity index is 0.00000191. The van der Waals surface area contributed by atoms with Gasteiger partial charge < -0.3 is 14.2 Å². The molecule has 120 valence electrons. The predicted molar refractivity (Wildman–Crippen MR) is 80.7 cm³/mol. The average molecular weight is 321 g/mol. The van der Waals surface area contributed by atoms with Crippen molar-refractivity contribution in [3.8, 4) is 5.75 Å². The molecule has 0 unspecified atom stereocenters. The summed E-state index contributed by atoms with van der Waals surface area (Å²) in [5.74, 6) is -1.94. The van der Waals surface area contributed by atoms with Crippen molar-refractivity contribution < 1.29 is 23.4 Å². The number of hydrogen-bond acceptors (Lipinski definition) is 4. The van der Waals surface area contributed by atoms with Gasteiger partial charge in [-0.25, -0.2) is 4.39 Å². The molecule has 0 aliphatic rings. The third-order valence-corrected chi connectivity index (χ3v) is 3.16. The molecule has 4 nitrogen and oxygen atoms in total. The number of rotatable bonds is 6. The maximum absolute atomic E-state index is 13.8. The van der Waals surface area contributed by atoms with E-state index < -0.39 is 11.6 Å². The number of benzene rings is 1. The highest BCUT2D eigenvalue weighted by Gasteiger charge is 2.33. The second kappa shape index (κ2) is 8.97. The maximum Gasteiger partial charge on any atom is 0.194 e.